The number of hydrogen-bond donors (Lipinski definition) is 0. The van der Waals surface area contributed by atoms with E-state index in [-0.39, 0.29) is 0 Å². The third-order valence-electron chi connectivity index (χ3n) is 3.28. The summed E-state index contributed by atoms with van der Waals surface area (Å²) in [7, 11) is 2.19. The Bertz CT molecular complexity index is 381. The second-order valence-electron chi connectivity index (χ2n) is 4.76. The lowest BCUT2D eigenvalue weighted by atomic mass is 10.2. The van der Waals surface area contributed by atoms with Crippen LogP contribution in [0.1, 0.15) is 17.5 Å². The van der Waals surface area contributed by atoms with Crippen LogP contribution in [0.2, 0.25) is 0 Å². The van der Waals surface area contributed by atoms with Gasteiger partial charge in [-0.2, -0.15) is 0 Å². The minimum atomic E-state index is 0.879. The Hall–Kier alpha value is -0.610. The molecule has 0 saturated carbocycles. The van der Waals surface area contributed by atoms with E-state index >= 15 is 0 Å². The normalized spacial score (nSPS) is 18.2. The van der Waals surface area contributed by atoms with Gasteiger partial charge in [-0.3, -0.25) is 0 Å². The molecule has 0 amide bonds. The average Bonchev–Trinajstić information content (AvgIpc) is 2.54. The van der Waals surface area contributed by atoms with Gasteiger partial charge in [0.25, 0.3) is 0 Å². The van der Waals surface area contributed by atoms with Crippen molar-refractivity contribution in [2.75, 3.05) is 38.1 Å². The predicted octanol–water partition coefficient (Wildman–Crippen LogP) is 2.43. The van der Waals surface area contributed by atoms with Crippen LogP contribution >= 0.6 is 15.9 Å². The zero-order valence-electron chi connectivity index (χ0n) is 10.6. The lowest BCUT2D eigenvalue weighted by Crippen LogP contribution is -2.29. The van der Waals surface area contributed by atoms with Crippen molar-refractivity contribution in [1.82, 2.24) is 9.88 Å². The number of rotatable bonds is 2. The SMILES string of the molecule is Cc1cc(CBr)cnc1N1CCCN(C)CC1. The molecule has 3 nitrogen and oxygen atoms in total. The monoisotopic (exact) mass is 297 g/mol. The first-order valence-electron chi connectivity index (χ1n) is 6.15. The van der Waals surface area contributed by atoms with E-state index in [1.165, 1.54) is 24.1 Å². The zero-order chi connectivity index (χ0) is 12.3. The van der Waals surface area contributed by atoms with E-state index in [4.69, 9.17) is 0 Å². The van der Waals surface area contributed by atoms with Crippen molar-refractivity contribution < 1.29 is 0 Å². The van der Waals surface area contributed by atoms with Gasteiger partial charge < -0.3 is 9.80 Å². The first-order valence-corrected chi connectivity index (χ1v) is 7.28. The zero-order valence-corrected chi connectivity index (χ0v) is 12.2. The van der Waals surface area contributed by atoms with Crippen molar-refractivity contribution in [3.8, 4) is 0 Å². The van der Waals surface area contributed by atoms with Crippen LogP contribution in [-0.2, 0) is 5.33 Å². The Kier molecular flexibility index (Phi) is 4.40. The number of halogens is 1. The fourth-order valence-electron chi connectivity index (χ4n) is 2.29. The summed E-state index contributed by atoms with van der Waals surface area (Å²) in [5, 5.41) is 0.879. The summed E-state index contributed by atoms with van der Waals surface area (Å²) in [4.78, 5) is 9.42. The summed E-state index contributed by atoms with van der Waals surface area (Å²) in [5.74, 6) is 1.16. The molecule has 1 saturated heterocycles. The van der Waals surface area contributed by atoms with E-state index < -0.39 is 0 Å². The number of aromatic nitrogens is 1. The first kappa shape index (κ1) is 12.8. The fourth-order valence-corrected chi connectivity index (χ4v) is 2.59. The number of likely N-dealkylation sites (N-methyl/N-ethyl adjacent to an activating group) is 1. The second kappa shape index (κ2) is 5.83. The highest BCUT2D eigenvalue weighted by Crippen LogP contribution is 2.20. The van der Waals surface area contributed by atoms with Crippen LogP contribution in [0.3, 0.4) is 0 Å². The molecule has 0 N–H and O–H groups in total. The summed E-state index contributed by atoms with van der Waals surface area (Å²) in [6.45, 7) is 6.67. The summed E-state index contributed by atoms with van der Waals surface area (Å²) in [6.07, 6.45) is 3.20. The highest BCUT2D eigenvalue weighted by Gasteiger charge is 2.15. The maximum Gasteiger partial charge on any atom is 0.131 e. The first-order chi connectivity index (χ1) is 8.20. The quantitative estimate of drug-likeness (QED) is 0.782. The molecule has 1 fully saturated rings. The van der Waals surface area contributed by atoms with Crippen molar-refractivity contribution in [1.29, 1.82) is 0 Å². The maximum atomic E-state index is 4.62. The van der Waals surface area contributed by atoms with Crippen molar-refractivity contribution in [3.05, 3.63) is 23.4 Å². The van der Waals surface area contributed by atoms with Gasteiger partial charge in [-0.25, -0.2) is 4.98 Å². The molecule has 0 bridgehead atoms. The van der Waals surface area contributed by atoms with Gasteiger partial charge in [-0.15, -0.1) is 0 Å². The number of pyridine rings is 1. The molecule has 2 heterocycles. The molecule has 1 aliphatic heterocycles. The van der Waals surface area contributed by atoms with Gasteiger partial charge in [0, 0.05) is 31.2 Å². The van der Waals surface area contributed by atoms with E-state index in [1.807, 2.05) is 6.20 Å². The lowest BCUT2D eigenvalue weighted by molar-refractivity contribution is 0.360. The summed E-state index contributed by atoms with van der Waals surface area (Å²) in [5.41, 5.74) is 2.53. The highest BCUT2D eigenvalue weighted by atomic mass is 79.9. The molecule has 1 aromatic heterocycles. The molecule has 0 unspecified atom stereocenters. The van der Waals surface area contributed by atoms with Crippen molar-refractivity contribution in [2.24, 2.45) is 0 Å². The van der Waals surface area contributed by atoms with E-state index in [2.05, 4.69) is 50.8 Å². The average molecular weight is 298 g/mol. The molecular formula is C13H20BrN3. The van der Waals surface area contributed by atoms with Crippen molar-refractivity contribution in [3.63, 3.8) is 0 Å². The van der Waals surface area contributed by atoms with Crippen LogP contribution in [-0.4, -0.2) is 43.1 Å². The Morgan fingerprint density at radius 2 is 2.12 bits per heavy atom. The lowest BCUT2D eigenvalue weighted by Gasteiger charge is -2.23. The largest absolute Gasteiger partial charge is 0.355 e. The van der Waals surface area contributed by atoms with E-state index in [9.17, 15) is 0 Å². The molecule has 1 aliphatic rings. The van der Waals surface area contributed by atoms with E-state index in [0.717, 1.165) is 30.8 Å². The number of nitrogens with zero attached hydrogens (tertiary/aromatic N) is 3. The molecular weight excluding hydrogens is 278 g/mol. The fraction of sp³-hybridized carbons (Fsp3) is 0.615. The number of alkyl halides is 1. The Morgan fingerprint density at radius 3 is 2.82 bits per heavy atom. The van der Waals surface area contributed by atoms with Crippen LogP contribution in [0, 0.1) is 6.92 Å². The molecule has 0 aliphatic carbocycles. The molecule has 0 radical (unpaired) electrons. The van der Waals surface area contributed by atoms with Gasteiger partial charge in [-0.05, 0) is 38.1 Å². The van der Waals surface area contributed by atoms with Crippen LogP contribution in [0.25, 0.3) is 0 Å². The minimum Gasteiger partial charge on any atom is -0.355 e. The molecule has 0 atom stereocenters. The predicted molar refractivity (Wildman–Crippen MR) is 75.9 cm³/mol. The molecule has 1 aromatic rings. The molecule has 2 rings (SSSR count). The van der Waals surface area contributed by atoms with Crippen LogP contribution < -0.4 is 4.90 Å². The summed E-state index contributed by atoms with van der Waals surface area (Å²) >= 11 is 3.47. The Labute approximate surface area is 112 Å². The van der Waals surface area contributed by atoms with Crippen molar-refractivity contribution >= 4 is 21.7 Å². The summed E-state index contributed by atoms with van der Waals surface area (Å²) in [6, 6.07) is 2.23. The highest BCUT2D eigenvalue weighted by molar-refractivity contribution is 9.08. The summed E-state index contributed by atoms with van der Waals surface area (Å²) < 4.78 is 0. The van der Waals surface area contributed by atoms with Crippen LogP contribution in [0.4, 0.5) is 5.82 Å². The van der Waals surface area contributed by atoms with E-state index in [0.29, 0.717) is 0 Å². The van der Waals surface area contributed by atoms with Gasteiger partial charge >= 0.3 is 0 Å². The molecule has 0 spiro atoms. The minimum absolute atomic E-state index is 0.879. The van der Waals surface area contributed by atoms with Gasteiger partial charge in [0.2, 0.25) is 0 Å². The number of aryl methyl sites for hydroxylation is 1. The third kappa shape index (κ3) is 3.19. The third-order valence-corrected chi connectivity index (χ3v) is 3.93. The Morgan fingerprint density at radius 1 is 1.29 bits per heavy atom. The molecule has 94 valence electrons. The van der Waals surface area contributed by atoms with Gasteiger partial charge in [0.15, 0.2) is 0 Å². The second-order valence-corrected chi connectivity index (χ2v) is 5.32. The maximum absolute atomic E-state index is 4.62. The number of anilines is 1. The Balaban J connectivity index is 2.15. The van der Waals surface area contributed by atoms with Crippen LogP contribution in [0.5, 0.6) is 0 Å². The van der Waals surface area contributed by atoms with Crippen molar-refractivity contribution in [2.45, 2.75) is 18.7 Å². The van der Waals surface area contributed by atoms with Crippen LogP contribution in [0.15, 0.2) is 12.3 Å². The van der Waals surface area contributed by atoms with Gasteiger partial charge in [0.05, 0.1) is 0 Å². The smallest absolute Gasteiger partial charge is 0.131 e. The van der Waals surface area contributed by atoms with E-state index in [1.54, 1.807) is 0 Å². The number of hydrogen-bond acceptors (Lipinski definition) is 3. The van der Waals surface area contributed by atoms with Gasteiger partial charge in [-0.1, -0.05) is 22.0 Å². The topological polar surface area (TPSA) is 19.4 Å². The molecule has 4 heteroatoms. The molecule has 0 aromatic carbocycles. The molecule has 17 heavy (non-hydrogen) atoms. The standard InChI is InChI=1S/C13H20BrN3/c1-11-8-12(9-14)10-15-13(11)17-5-3-4-16(2)6-7-17/h8,10H,3-7,9H2,1-2H3. The van der Waals surface area contributed by atoms with Gasteiger partial charge in [0.1, 0.15) is 5.82 Å².